The molecule has 0 atom stereocenters. The lowest BCUT2D eigenvalue weighted by atomic mass is 10.2. The van der Waals surface area contributed by atoms with E-state index in [0.717, 1.165) is 43.1 Å². The Labute approximate surface area is 157 Å². The van der Waals surface area contributed by atoms with Crippen molar-refractivity contribution in [3.8, 4) is 0 Å². The fourth-order valence-corrected chi connectivity index (χ4v) is 3.08. The average molecular weight is 400 g/mol. The molecule has 0 saturated carbocycles. The van der Waals surface area contributed by atoms with Crippen LogP contribution in [-0.4, -0.2) is 48.1 Å². The fraction of sp³-hybridized carbons (Fsp3) is 0.263. The molecule has 1 aromatic carbocycles. The van der Waals surface area contributed by atoms with Crippen molar-refractivity contribution >= 4 is 43.8 Å². The molecular formula is C19H22BrN5. The van der Waals surface area contributed by atoms with E-state index in [1.165, 1.54) is 5.69 Å². The fourth-order valence-electron chi connectivity index (χ4n) is 2.77. The van der Waals surface area contributed by atoms with Crippen molar-refractivity contribution in [1.82, 2.24) is 14.9 Å². The lowest BCUT2D eigenvalue weighted by Gasteiger charge is -2.34. The Balaban J connectivity index is 1.72. The molecule has 25 heavy (non-hydrogen) atoms. The first-order valence-corrected chi connectivity index (χ1v) is 9.01. The number of likely N-dealkylation sites (N-methyl/N-ethyl adjacent to an activating group) is 1. The second-order valence-corrected chi connectivity index (χ2v) is 7.03. The highest BCUT2D eigenvalue weighted by atomic mass is 79.9. The minimum Gasteiger partial charge on any atom is -0.369 e. The molecular weight excluding hydrogens is 378 g/mol. The van der Waals surface area contributed by atoms with E-state index in [2.05, 4.69) is 85.5 Å². The number of rotatable bonds is 5. The van der Waals surface area contributed by atoms with Gasteiger partial charge in [-0.05, 0) is 47.2 Å². The van der Waals surface area contributed by atoms with Crippen molar-refractivity contribution in [2.24, 2.45) is 0 Å². The Kier molecular flexibility index (Phi) is 5.50. The first kappa shape index (κ1) is 17.6. The molecule has 1 aliphatic rings. The molecule has 0 aliphatic carbocycles. The molecule has 2 aromatic rings. The summed E-state index contributed by atoms with van der Waals surface area (Å²) in [6.07, 6.45) is 3.46. The number of hydrogen-bond acceptors (Lipinski definition) is 5. The molecule has 6 heteroatoms. The predicted octanol–water partition coefficient (Wildman–Crippen LogP) is 3.98. The molecule has 2 heterocycles. The van der Waals surface area contributed by atoms with Gasteiger partial charge in [-0.2, -0.15) is 0 Å². The molecule has 0 spiro atoms. The lowest BCUT2D eigenvalue weighted by Crippen LogP contribution is -2.44. The monoisotopic (exact) mass is 399 g/mol. The quantitative estimate of drug-likeness (QED) is 0.823. The summed E-state index contributed by atoms with van der Waals surface area (Å²) in [5.74, 6) is 0.536. The van der Waals surface area contributed by atoms with E-state index in [0.29, 0.717) is 10.4 Å². The summed E-state index contributed by atoms with van der Waals surface area (Å²) < 4.78 is 0.707. The number of aromatic nitrogens is 2. The summed E-state index contributed by atoms with van der Waals surface area (Å²) in [5, 5.41) is 3.24. The normalized spacial score (nSPS) is 15.0. The number of halogens is 1. The van der Waals surface area contributed by atoms with Gasteiger partial charge in [-0.15, -0.1) is 0 Å². The minimum atomic E-state index is 0.536. The van der Waals surface area contributed by atoms with Crippen LogP contribution >= 0.6 is 15.9 Å². The van der Waals surface area contributed by atoms with Gasteiger partial charge in [0.1, 0.15) is 0 Å². The molecule has 0 bridgehead atoms. The first-order valence-electron chi connectivity index (χ1n) is 8.21. The molecule has 130 valence electrons. The molecule has 1 aliphatic heterocycles. The third-order valence-corrected chi connectivity index (χ3v) is 4.66. The van der Waals surface area contributed by atoms with E-state index in [1.54, 1.807) is 12.3 Å². The largest absolute Gasteiger partial charge is 0.369 e. The molecule has 3 rings (SSSR count). The van der Waals surface area contributed by atoms with Crippen LogP contribution in [0.2, 0.25) is 0 Å². The maximum atomic E-state index is 4.50. The van der Waals surface area contributed by atoms with Crippen LogP contribution in [0.25, 0.3) is 10.6 Å². The molecule has 5 nitrogen and oxygen atoms in total. The van der Waals surface area contributed by atoms with Crippen molar-refractivity contribution in [3.63, 3.8) is 0 Å². The molecule has 0 amide bonds. The van der Waals surface area contributed by atoms with Gasteiger partial charge in [0.05, 0.1) is 5.69 Å². The summed E-state index contributed by atoms with van der Waals surface area (Å²) in [5.41, 5.74) is 3.78. The van der Waals surface area contributed by atoms with Gasteiger partial charge < -0.3 is 15.1 Å². The zero-order valence-corrected chi connectivity index (χ0v) is 16.0. The van der Waals surface area contributed by atoms with E-state index >= 15 is 0 Å². The van der Waals surface area contributed by atoms with Gasteiger partial charge in [0.2, 0.25) is 5.95 Å². The molecule has 0 radical (unpaired) electrons. The van der Waals surface area contributed by atoms with E-state index in [-0.39, 0.29) is 0 Å². The van der Waals surface area contributed by atoms with Crippen LogP contribution in [-0.2, 0) is 0 Å². The highest BCUT2D eigenvalue weighted by Gasteiger charge is 2.14. The Hall–Kier alpha value is -2.18. The average Bonchev–Trinajstić information content (AvgIpc) is 2.63. The van der Waals surface area contributed by atoms with Gasteiger partial charge >= 0.3 is 0 Å². The van der Waals surface area contributed by atoms with Crippen LogP contribution in [0.1, 0.15) is 11.3 Å². The molecule has 0 unspecified atom stereocenters. The molecule has 1 aromatic heterocycles. The number of benzene rings is 1. The van der Waals surface area contributed by atoms with E-state index in [9.17, 15) is 0 Å². The van der Waals surface area contributed by atoms with Gasteiger partial charge in [0.25, 0.3) is 0 Å². The van der Waals surface area contributed by atoms with Crippen LogP contribution < -0.4 is 10.2 Å². The third kappa shape index (κ3) is 4.27. The molecule has 1 fully saturated rings. The van der Waals surface area contributed by atoms with Crippen molar-refractivity contribution in [2.75, 3.05) is 43.4 Å². The Morgan fingerprint density at radius 3 is 2.48 bits per heavy atom. The number of anilines is 3. The minimum absolute atomic E-state index is 0.536. The summed E-state index contributed by atoms with van der Waals surface area (Å²) in [7, 11) is 2.16. The second kappa shape index (κ2) is 7.80. The summed E-state index contributed by atoms with van der Waals surface area (Å²) in [6.45, 7) is 12.0. The van der Waals surface area contributed by atoms with Gasteiger partial charge in [-0.3, -0.25) is 0 Å². The zero-order chi connectivity index (χ0) is 17.8. The van der Waals surface area contributed by atoms with E-state index in [1.807, 2.05) is 0 Å². The predicted molar refractivity (Wildman–Crippen MR) is 110 cm³/mol. The Bertz CT molecular complexity index is 764. The van der Waals surface area contributed by atoms with Gasteiger partial charge in [-0.25, -0.2) is 9.97 Å². The van der Waals surface area contributed by atoms with Crippen LogP contribution in [0.3, 0.4) is 0 Å². The number of piperazine rings is 1. The lowest BCUT2D eigenvalue weighted by molar-refractivity contribution is 0.313. The van der Waals surface area contributed by atoms with Crippen LogP contribution in [0.4, 0.5) is 17.3 Å². The highest BCUT2D eigenvalue weighted by Crippen LogP contribution is 2.24. The highest BCUT2D eigenvalue weighted by molar-refractivity contribution is 9.15. The maximum Gasteiger partial charge on any atom is 0.227 e. The Morgan fingerprint density at radius 1 is 1.20 bits per heavy atom. The molecule has 1 N–H and O–H groups in total. The maximum absolute atomic E-state index is 4.50. The van der Waals surface area contributed by atoms with Gasteiger partial charge in [0.15, 0.2) is 0 Å². The van der Waals surface area contributed by atoms with Crippen molar-refractivity contribution in [2.45, 2.75) is 0 Å². The summed E-state index contributed by atoms with van der Waals surface area (Å²) in [4.78, 5) is 13.6. The van der Waals surface area contributed by atoms with E-state index < -0.39 is 0 Å². The van der Waals surface area contributed by atoms with Crippen molar-refractivity contribution in [1.29, 1.82) is 0 Å². The number of nitrogens with one attached hydrogen (secondary N) is 1. The third-order valence-electron chi connectivity index (χ3n) is 4.29. The topological polar surface area (TPSA) is 44.3 Å². The van der Waals surface area contributed by atoms with Crippen LogP contribution in [0.15, 0.2) is 43.6 Å². The number of nitrogens with zero attached hydrogens (tertiary/aromatic N) is 4. The van der Waals surface area contributed by atoms with Crippen LogP contribution in [0.5, 0.6) is 0 Å². The zero-order valence-electron chi connectivity index (χ0n) is 14.4. The van der Waals surface area contributed by atoms with Gasteiger partial charge in [-0.1, -0.05) is 19.2 Å². The first-order chi connectivity index (χ1) is 12.1. The van der Waals surface area contributed by atoms with Crippen molar-refractivity contribution < 1.29 is 0 Å². The molecule has 1 saturated heterocycles. The summed E-state index contributed by atoms with van der Waals surface area (Å²) >= 11 is 3.38. The van der Waals surface area contributed by atoms with Crippen molar-refractivity contribution in [3.05, 3.63) is 54.9 Å². The second-order valence-electron chi connectivity index (χ2n) is 6.07. The Morgan fingerprint density at radius 2 is 1.88 bits per heavy atom. The SMILES string of the molecule is C=Cc1cnc(Nc2ccc(N3CCN(C)CC3)cc2)nc1C(=C)Br. The van der Waals surface area contributed by atoms with Crippen LogP contribution in [0, 0.1) is 0 Å². The standard InChI is InChI=1S/C19H22BrN5/c1-4-15-13-21-19(23-18(15)14(2)20)22-16-5-7-17(8-6-16)25-11-9-24(3)10-12-25/h4-8,13H,1-2,9-12H2,3H3,(H,21,22,23). The van der Waals surface area contributed by atoms with E-state index in [4.69, 9.17) is 0 Å². The smallest absolute Gasteiger partial charge is 0.227 e. The number of hydrogen-bond donors (Lipinski definition) is 1. The van der Waals surface area contributed by atoms with Gasteiger partial charge in [0, 0.05) is 53.8 Å². The summed E-state index contributed by atoms with van der Waals surface area (Å²) in [6, 6.07) is 8.38.